The second-order valence-electron chi connectivity index (χ2n) is 8.35. The van der Waals surface area contributed by atoms with E-state index in [9.17, 15) is 4.79 Å². The van der Waals surface area contributed by atoms with Gasteiger partial charge in [-0.25, -0.2) is 0 Å². The van der Waals surface area contributed by atoms with E-state index >= 15 is 0 Å². The normalized spacial score (nSPS) is 18.2. The van der Waals surface area contributed by atoms with Crippen molar-refractivity contribution in [3.05, 3.63) is 65.2 Å². The van der Waals surface area contributed by atoms with Gasteiger partial charge in [0.25, 0.3) is 0 Å². The quantitative estimate of drug-likeness (QED) is 0.802. The summed E-state index contributed by atoms with van der Waals surface area (Å²) in [6, 6.07) is 16.8. The molecule has 2 aromatic carbocycles. The van der Waals surface area contributed by atoms with Crippen LogP contribution in [0.5, 0.6) is 5.75 Å². The van der Waals surface area contributed by atoms with Crippen LogP contribution in [0.1, 0.15) is 43.6 Å². The molecule has 1 aliphatic heterocycles. The number of ether oxygens (including phenoxy) is 1. The number of amides is 1. The Kier molecular flexibility index (Phi) is 5.56. The van der Waals surface area contributed by atoms with E-state index in [-0.39, 0.29) is 17.5 Å². The first kappa shape index (κ1) is 19.4. The van der Waals surface area contributed by atoms with Gasteiger partial charge < -0.3 is 9.64 Å². The van der Waals surface area contributed by atoms with E-state index in [0.717, 1.165) is 12.2 Å². The summed E-state index contributed by atoms with van der Waals surface area (Å²) in [7, 11) is 3.70. The molecular formula is C23H30N2O2. The number of carbonyl (C=O) groups excluding carboxylic acids is 1. The molecule has 0 aliphatic carbocycles. The second kappa shape index (κ2) is 7.73. The topological polar surface area (TPSA) is 32.8 Å². The van der Waals surface area contributed by atoms with E-state index in [1.165, 1.54) is 16.7 Å². The van der Waals surface area contributed by atoms with E-state index in [2.05, 4.69) is 56.0 Å². The third-order valence-electron chi connectivity index (χ3n) is 5.27. The van der Waals surface area contributed by atoms with Gasteiger partial charge in [-0.15, -0.1) is 0 Å². The molecule has 0 aromatic heterocycles. The minimum Gasteiger partial charge on any atom is -0.497 e. The zero-order valence-corrected chi connectivity index (χ0v) is 17.0. The fourth-order valence-corrected chi connectivity index (χ4v) is 3.68. The lowest BCUT2D eigenvalue weighted by atomic mass is 9.86. The van der Waals surface area contributed by atoms with E-state index < -0.39 is 0 Å². The molecule has 0 N–H and O–H groups in total. The smallest absolute Gasteiger partial charge is 0.238 e. The maximum Gasteiger partial charge on any atom is 0.238 e. The van der Waals surface area contributed by atoms with Gasteiger partial charge in [0, 0.05) is 6.54 Å². The van der Waals surface area contributed by atoms with Gasteiger partial charge in [0.15, 0.2) is 0 Å². The summed E-state index contributed by atoms with van der Waals surface area (Å²) < 4.78 is 5.31. The predicted octanol–water partition coefficient (Wildman–Crippen LogP) is 4.01. The first-order valence-corrected chi connectivity index (χ1v) is 9.52. The van der Waals surface area contributed by atoms with Crippen LogP contribution in [0.25, 0.3) is 0 Å². The van der Waals surface area contributed by atoms with Crippen molar-refractivity contribution in [2.75, 3.05) is 27.2 Å². The molecule has 2 aromatic rings. The maximum absolute atomic E-state index is 12.6. The number of benzene rings is 2. The number of nitrogens with zero attached hydrogens (tertiary/aromatic N) is 2. The van der Waals surface area contributed by atoms with Crippen molar-refractivity contribution in [3.8, 4) is 5.75 Å². The third kappa shape index (κ3) is 4.33. The molecule has 0 bridgehead atoms. The van der Waals surface area contributed by atoms with Crippen LogP contribution in [0.3, 0.4) is 0 Å². The molecule has 0 radical (unpaired) electrons. The number of carbonyl (C=O) groups is 1. The fraction of sp³-hybridized carbons (Fsp3) is 0.435. The highest BCUT2D eigenvalue weighted by atomic mass is 16.5. The average Bonchev–Trinajstić information content (AvgIpc) is 2.92. The summed E-state index contributed by atoms with van der Waals surface area (Å²) in [6.45, 7) is 7.81. The van der Waals surface area contributed by atoms with Crippen molar-refractivity contribution in [1.29, 1.82) is 0 Å². The third-order valence-corrected chi connectivity index (χ3v) is 5.27. The van der Waals surface area contributed by atoms with E-state index in [1.54, 1.807) is 7.11 Å². The number of methoxy groups -OCH3 is 1. The molecule has 144 valence electrons. The van der Waals surface area contributed by atoms with E-state index in [4.69, 9.17) is 4.74 Å². The molecule has 4 nitrogen and oxygen atoms in total. The van der Waals surface area contributed by atoms with Crippen LogP contribution < -0.4 is 4.74 Å². The van der Waals surface area contributed by atoms with Gasteiger partial charge in [-0.1, -0.05) is 57.2 Å². The van der Waals surface area contributed by atoms with Gasteiger partial charge >= 0.3 is 0 Å². The summed E-state index contributed by atoms with van der Waals surface area (Å²) in [6.07, 6.45) is 0.810. The van der Waals surface area contributed by atoms with Crippen molar-refractivity contribution >= 4 is 5.91 Å². The Morgan fingerprint density at radius 2 is 1.81 bits per heavy atom. The Bertz CT molecular complexity index is 793. The van der Waals surface area contributed by atoms with Crippen LogP contribution in [0, 0.1) is 0 Å². The lowest BCUT2D eigenvalue weighted by Gasteiger charge is -2.29. The molecular weight excluding hydrogens is 336 g/mol. The Hall–Kier alpha value is -2.33. The molecule has 1 fully saturated rings. The minimum absolute atomic E-state index is 0.00266. The van der Waals surface area contributed by atoms with Crippen molar-refractivity contribution in [2.24, 2.45) is 0 Å². The molecule has 1 aliphatic rings. The number of likely N-dealkylation sites (N-methyl/N-ethyl adjacent to an activating group) is 1. The Labute approximate surface area is 162 Å². The van der Waals surface area contributed by atoms with Crippen LogP contribution in [0.15, 0.2) is 48.5 Å². The van der Waals surface area contributed by atoms with Crippen molar-refractivity contribution in [3.63, 3.8) is 0 Å². The lowest BCUT2D eigenvalue weighted by Crippen LogP contribution is -2.32. The van der Waals surface area contributed by atoms with Crippen LogP contribution in [-0.4, -0.2) is 43.0 Å². The highest BCUT2D eigenvalue weighted by molar-refractivity contribution is 5.81. The van der Waals surface area contributed by atoms with Gasteiger partial charge in [0.2, 0.25) is 5.91 Å². The zero-order chi connectivity index (χ0) is 19.6. The molecule has 3 rings (SSSR count). The standard InChI is InChI=1S/C23H30N2O2/c1-23(2,3)19-11-9-18(10-12-19)22-24(4)16-21(26)25(22)14-13-17-7-6-8-20(15-17)27-5/h6-12,15,22H,13-14,16H2,1-5H3. The molecule has 27 heavy (non-hydrogen) atoms. The minimum atomic E-state index is -0.00266. The first-order chi connectivity index (χ1) is 12.8. The van der Waals surface area contributed by atoms with Gasteiger partial charge in [-0.2, -0.15) is 0 Å². The maximum atomic E-state index is 12.6. The summed E-state index contributed by atoms with van der Waals surface area (Å²) in [5.41, 5.74) is 3.78. The second-order valence-corrected chi connectivity index (χ2v) is 8.35. The molecule has 4 heteroatoms. The zero-order valence-electron chi connectivity index (χ0n) is 17.0. The highest BCUT2D eigenvalue weighted by Crippen LogP contribution is 2.31. The Balaban J connectivity index is 1.77. The van der Waals surface area contributed by atoms with Gasteiger partial charge in [-0.05, 0) is 47.7 Å². The molecule has 1 heterocycles. The lowest BCUT2D eigenvalue weighted by molar-refractivity contribution is -0.128. The Morgan fingerprint density at radius 3 is 2.44 bits per heavy atom. The SMILES string of the molecule is COc1cccc(CCN2C(=O)CN(C)C2c2ccc(C(C)(C)C)cc2)c1. The summed E-state index contributed by atoms with van der Waals surface area (Å²) in [5.74, 6) is 1.04. The summed E-state index contributed by atoms with van der Waals surface area (Å²) in [5, 5.41) is 0. The summed E-state index contributed by atoms with van der Waals surface area (Å²) >= 11 is 0. The van der Waals surface area contributed by atoms with Gasteiger partial charge in [-0.3, -0.25) is 9.69 Å². The molecule has 1 atom stereocenters. The monoisotopic (exact) mass is 366 g/mol. The molecule has 0 saturated carbocycles. The number of hydrogen-bond donors (Lipinski definition) is 0. The summed E-state index contributed by atoms with van der Waals surface area (Å²) in [4.78, 5) is 16.7. The van der Waals surface area contributed by atoms with Crippen LogP contribution in [-0.2, 0) is 16.6 Å². The van der Waals surface area contributed by atoms with E-state index in [1.807, 2.05) is 30.1 Å². The Morgan fingerprint density at radius 1 is 1.11 bits per heavy atom. The van der Waals surface area contributed by atoms with Crippen molar-refractivity contribution < 1.29 is 9.53 Å². The van der Waals surface area contributed by atoms with Crippen LogP contribution >= 0.6 is 0 Å². The van der Waals surface area contributed by atoms with Gasteiger partial charge in [0.05, 0.1) is 13.7 Å². The molecule has 1 unspecified atom stereocenters. The van der Waals surface area contributed by atoms with Gasteiger partial charge in [0.1, 0.15) is 11.9 Å². The van der Waals surface area contributed by atoms with E-state index in [0.29, 0.717) is 13.1 Å². The average molecular weight is 367 g/mol. The number of hydrogen-bond acceptors (Lipinski definition) is 3. The highest BCUT2D eigenvalue weighted by Gasteiger charge is 2.36. The predicted molar refractivity (Wildman–Crippen MR) is 109 cm³/mol. The molecule has 1 saturated heterocycles. The number of rotatable bonds is 5. The molecule has 1 amide bonds. The van der Waals surface area contributed by atoms with Crippen molar-refractivity contribution in [2.45, 2.75) is 38.8 Å². The van der Waals surface area contributed by atoms with Crippen LogP contribution in [0.4, 0.5) is 0 Å². The largest absolute Gasteiger partial charge is 0.497 e. The van der Waals surface area contributed by atoms with Crippen LogP contribution in [0.2, 0.25) is 0 Å². The first-order valence-electron chi connectivity index (χ1n) is 9.52. The fourth-order valence-electron chi connectivity index (χ4n) is 3.68. The molecule has 0 spiro atoms. The van der Waals surface area contributed by atoms with Crippen molar-refractivity contribution in [1.82, 2.24) is 9.80 Å².